The predicted octanol–water partition coefficient (Wildman–Crippen LogP) is 2.52. The highest BCUT2D eigenvalue weighted by Gasteiger charge is 2.09. The second-order valence-electron chi connectivity index (χ2n) is 3.34. The summed E-state index contributed by atoms with van der Waals surface area (Å²) in [6.07, 6.45) is 1.21. The molecule has 0 aliphatic carbocycles. The van der Waals surface area contributed by atoms with Gasteiger partial charge in [-0.05, 0) is 25.1 Å². The molecule has 0 heterocycles. The van der Waals surface area contributed by atoms with E-state index in [9.17, 15) is 4.79 Å². The van der Waals surface area contributed by atoms with Gasteiger partial charge in [-0.1, -0.05) is 11.6 Å². The molecule has 0 unspecified atom stereocenters. The van der Waals surface area contributed by atoms with E-state index in [1.54, 1.807) is 25.1 Å². The van der Waals surface area contributed by atoms with Crippen LogP contribution in [0.25, 0.3) is 0 Å². The van der Waals surface area contributed by atoms with Gasteiger partial charge in [0.05, 0.1) is 23.0 Å². The molecule has 1 aromatic rings. The molecule has 0 bridgehead atoms. The van der Waals surface area contributed by atoms with Gasteiger partial charge in [-0.15, -0.1) is 0 Å². The van der Waals surface area contributed by atoms with E-state index in [0.717, 1.165) is 0 Å². The van der Waals surface area contributed by atoms with Gasteiger partial charge in [-0.25, -0.2) is 4.79 Å². The van der Waals surface area contributed by atoms with Gasteiger partial charge >= 0.3 is 5.97 Å². The fourth-order valence-electron chi connectivity index (χ4n) is 1.20. The number of nitrogens with one attached hydrogen (secondary N) is 2. The normalized spacial score (nSPS) is 10.5. The van der Waals surface area contributed by atoms with Crippen LogP contribution in [0.4, 0.5) is 11.4 Å². The highest BCUT2D eigenvalue weighted by atomic mass is 35.5. The molecule has 0 saturated heterocycles. The first-order chi connectivity index (χ1) is 9.12. The predicted molar refractivity (Wildman–Crippen MR) is 70.8 cm³/mol. The van der Waals surface area contributed by atoms with Gasteiger partial charge in [0.2, 0.25) is 0 Å². The minimum atomic E-state index is -0.706. The van der Waals surface area contributed by atoms with Crippen molar-refractivity contribution >= 4 is 28.9 Å². The number of anilines is 2. The third-order valence-corrected chi connectivity index (χ3v) is 2.40. The molecule has 0 aliphatic rings. The van der Waals surface area contributed by atoms with Gasteiger partial charge in [-0.2, -0.15) is 5.26 Å². The molecule has 0 aromatic heterocycles. The number of benzene rings is 1. The van der Waals surface area contributed by atoms with Crippen LogP contribution in [0.2, 0.25) is 5.02 Å². The number of carbonyl (C=O) groups excluding carboxylic acids is 1. The second-order valence-corrected chi connectivity index (χ2v) is 3.75. The number of nitrogens with zero attached hydrogens (tertiary/aromatic N) is 1. The summed E-state index contributed by atoms with van der Waals surface area (Å²) in [5.74, 6) is -0.706. The number of halogens is 1. The first-order valence-electron chi connectivity index (χ1n) is 5.36. The minimum absolute atomic E-state index is 0.165. The summed E-state index contributed by atoms with van der Waals surface area (Å²) in [6.45, 7) is 1.84. The summed E-state index contributed by atoms with van der Waals surface area (Å²) in [7, 11) is 0. The van der Waals surface area contributed by atoms with Crippen molar-refractivity contribution in [2.24, 2.45) is 0 Å². The zero-order valence-electron chi connectivity index (χ0n) is 10.1. The molecule has 1 rings (SSSR count). The maximum absolute atomic E-state index is 11.4. The van der Waals surface area contributed by atoms with Crippen LogP contribution >= 0.6 is 11.6 Å². The van der Waals surface area contributed by atoms with Gasteiger partial charge in [-0.3, -0.25) is 10.7 Å². The molecule has 0 fully saturated rings. The Labute approximate surface area is 115 Å². The lowest BCUT2D eigenvalue weighted by Crippen LogP contribution is -2.08. The number of hydrogen-bond donors (Lipinski definition) is 3. The Hall–Kier alpha value is -2.23. The number of nitriles is 1. The van der Waals surface area contributed by atoms with Crippen LogP contribution in [0.1, 0.15) is 6.92 Å². The third kappa shape index (κ3) is 4.17. The fourth-order valence-corrected chi connectivity index (χ4v) is 1.43. The molecule has 19 heavy (non-hydrogen) atoms. The van der Waals surface area contributed by atoms with Crippen molar-refractivity contribution in [3.8, 4) is 6.07 Å². The van der Waals surface area contributed by atoms with Crippen molar-refractivity contribution in [1.29, 1.82) is 5.26 Å². The number of ether oxygens (including phenoxy) is 1. The van der Waals surface area contributed by atoms with Gasteiger partial charge in [0.25, 0.3) is 0 Å². The van der Waals surface area contributed by atoms with Crippen molar-refractivity contribution < 1.29 is 14.7 Å². The Bertz CT molecular complexity index is 538. The summed E-state index contributed by atoms with van der Waals surface area (Å²) >= 11 is 5.93. The number of rotatable bonds is 5. The number of hydrogen-bond acceptors (Lipinski definition) is 6. The van der Waals surface area contributed by atoms with E-state index in [2.05, 4.69) is 5.32 Å². The Morgan fingerprint density at radius 1 is 1.63 bits per heavy atom. The summed E-state index contributed by atoms with van der Waals surface area (Å²) < 4.78 is 4.70. The highest BCUT2D eigenvalue weighted by Crippen LogP contribution is 2.25. The average Bonchev–Trinajstić information content (AvgIpc) is 2.41. The Kier molecular flexibility index (Phi) is 5.67. The first-order valence-corrected chi connectivity index (χ1v) is 5.73. The highest BCUT2D eigenvalue weighted by molar-refractivity contribution is 6.33. The number of esters is 1. The number of carbonyl (C=O) groups is 1. The summed E-state index contributed by atoms with van der Waals surface area (Å²) in [6, 6.07) is 6.36. The van der Waals surface area contributed by atoms with Crippen LogP contribution in [0, 0.1) is 11.3 Å². The van der Waals surface area contributed by atoms with E-state index in [4.69, 9.17) is 26.8 Å². The molecule has 0 spiro atoms. The lowest BCUT2D eigenvalue weighted by atomic mass is 10.2. The topological polar surface area (TPSA) is 94.4 Å². The maximum atomic E-state index is 11.4. The monoisotopic (exact) mass is 281 g/mol. The quantitative estimate of drug-likeness (QED) is 0.332. The van der Waals surface area contributed by atoms with E-state index in [-0.39, 0.29) is 12.2 Å². The molecule has 6 nitrogen and oxygen atoms in total. The standard InChI is InChI=1S/C12H12ClN3O3/c1-2-19-12(17)8(6-14)7-15-11-4-3-9(16-18)5-10(11)13/h3-5,7,15-16,18H,2H2,1H3/b8-7-. The van der Waals surface area contributed by atoms with Crippen LogP contribution in [0.5, 0.6) is 0 Å². The summed E-state index contributed by atoms with van der Waals surface area (Å²) in [4.78, 5) is 11.4. The molecular formula is C12H12ClN3O3. The van der Waals surface area contributed by atoms with Crippen molar-refractivity contribution in [1.82, 2.24) is 0 Å². The van der Waals surface area contributed by atoms with Gasteiger partial charge in [0.1, 0.15) is 6.07 Å². The molecule has 0 radical (unpaired) electrons. The first kappa shape index (κ1) is 14.8. The average molecular weight is 282 g/mol. The molecule has 0 aliphatic heterocycles. The zero-order chi connectivity index (χ0) is 14.3. The van der Waals surface area contributed by atoms with Crippen molar-refractivity contribution in [2.75, 3.05) is 17.4 Å². The van der Waals surface area contributed by atoms with Crippen LogP contribution in [0.3, 0.4) is 0 Å². The summed E-state index contributed by atoms with van der Waals surface area (Å²) in [5.41, 5.74) is 2.69. The van der Waals surface area contributed by atoms with Gasteiger partial charge in [0, 0.05) is 6.20 Å². The molecule has 100 valence electrons. The van der Waals surface area contributed by atoms with Crippen LogP contribution in [0.15, 0.2) is 30.0 Å². The fraction of sp³-hybridized carbons (Fsp3) is 0.167. The van der Waals surface area contributed by atoms with E-state index in [1.807, 2.05) is 5.48 Å². The molecule has 7 heteroatoms. The van der Waals surface area contributed by atoms with Crippen LogP contribution < -0.4 is 10.8 Å². The molecule has 0 atom stereocenters. The largest absolute Gasteiger partial charge is 0.462 e. The van der Waals surface area contributed by atoms with Gasteiger partial charge in [0.15, 0.2) is 5.57 Å². The van der Waals surface area contributed by atoms with E-state index in [0.29, 0.717) is 16.4 Å². The van der Waals surface area contributed by atoms with Crippen LogP contribution in [-0.4, -0.2) is 17.8 Å². The Balaban J connectivity index is 2.85. The summed E-state index contributed by atoms with van der Waals surface area (Å²) in [5, 5.41) is 20.6. The SMILES string of the molecule is CCOC(=O)/C(C#N)=C\Nc1ccc(NO)cc1Cl. The van der Waals surface area contributed by atoms with Crippen molar-refractivity contribution in [3.63, 3.8) is 0 Å². The van der Waals surface area contributed by atoms with Crippen molar-refractivity contribution in [2.45, 2.75) is 6.92 Å². The maximum Gasteiger partial charge on any atom is 0.350 e. The smallest absolute Gasteiger partial charge is 0.350 e. The lowest BCUT2D eigenvalue weighted by Gasteiger charge is -2.06. The third-order valence-electron chi connectivity index (χ3n) is 2.09. The van der Waals surface area contributed by atoms with E-state index in [1.165, 1.54) is 12.3 Å². The molecule has 1 aromatic carbocycles. The zero-order valence-corrected chi connectivity index (χ0v) is 10.9. The molecule has 0 amide bonds. The lowest BCUT2D eigenvalue weighted by molar-refractivity contribution is -0.138. The van der Waals surface area contributed by atoms with E-state index >= 15 is 0 Å². The van der Waals surface area contributed by atoms with Crippen LogP contribution in [-0.2, 0) is 9.53 Å². The molecular weight excluding hydrogens is 270 g/mol. The molecule has 0 saturated carbocycles. The van der Waals surface area contributed by atoms with Gasteiger partial charge < -0.3 is 10.1 Å². The van der Waals surface area contributed by atoms with Crippen molar-refractivity contribution in [3.05, 3.63) is 35.0 Å². The van der Waals surface area contributed by atoms with E-state index < -0.39 is 5.97 Å². The Morgan fingerprint density at radius 3 is 2.89 bits per heavy atom. The minimum Gasteiger partial charge on any atom is -0.462 e. The Morgan fingerprint density at radius 2 is 2.37 bits per heavy atom. The second kappa shape index (κ2) is 7.26. The molecule has 3 N–H and O–H groups in total.